The third-order valence-corrected chi connectivity index (χ3v) is 10.6. The molecule has 1 atom stereocenters. The fourth-order valence-electron chi connectivity index (χ4n) is 5.88. The Bertz CT molecular complexity index is 1630. The summed E-state index contributed by atoms with van der Waals surface area (Å²) in [4.78, 5) is 18.9. The van der Waals surface area contributed by atoms with Gasteiger partial charge in [0.2, 0.25) is 5.91 Å². The molecule has 2 aliphatic rings. The van der Waals surface area contributed by atoms with E-state index in [1.807, 2.05) is 55.6 Å². The van der Waals surface area contributed by atoms with Crippen LogP contribution in [0.5, 0.6) is 5.75 Å². The monoisotopic (exact) mass is 760 g/mol. The van der Waals surface area contributed by atoms with E-state index < -0.39 is 36.3 Å². The number of benzene rings is 2. The average Bonchev–Trinajstić information content (AvgIpc) is 4.07. The van der Waals surface area contributed by atoms with Crippen LogP contribution in [0.2, 0.25) is 5.02 Å². The Kier molecular flexibility index (Phi) is 14.0. The van der Waals surface area contributed by atoms with Gasteiger partial charge in [0.1, 0.15) is 5.75 Å². The predicted molar refractivity (Wildman–Crippen MR) is 195 cm³/mol. The quantitative estimate of drug-likeness (QED) is 0.0457. The van der Waals surface area contributed by atoms with Crippen LogP contribution in [0.25, 0.3) is 11.1 Å². The third kappa shape index (κ3) is 10.2. The van der Waals surface area contributed by atoms with E-state index in [4.69, 9.17) is 26.2 Å². The van der Waals surface area contributed by atoms with Crippen LogP contribution in [0.4, 0.5) is 0 Å². The highest BCUT2D eigenvalue weighted by molar-refractivity contribution is 7.99. The van der Waals surface area contributed by atoms with Crippen molar-refractivity contribution in [2.75, 3.05) is 18.9 Å². The Morgan fingerprint density at radius 3 is 2.54 bits per heavy atom. The molecule has 1 amide bonds. The number of aliphatic hydroxyl groups excluding tert-OH is 2. The molecular weight excluding hydrogens is 712 g/mol. The lowest BCUT2D eigenvalue weighted by Gasteiger charge is -2.42. The molecule has 0 aliphatic heterocycles. The molecule has 1 heterocycles. The number of carbonyl (C=O) groups excluding carboxylic acids is 1. The summed E-state index contributed by atoms with van der Waals surface area (Å²) in [5.41, 5.74) is 3.43. The van der Waals surface area contributed by atoms with Crippen molar-refractivity contribution in [2.24, 2.45) is 0 Å². The minimum absolute atomic E-state index is 0.0643. The highest BCUT2D eigenvalue weighted by Crippen LogP contribution is 2.53. The number of para-hydroxylation sites is 1. The van der Waals surface area contributed by atoms with E-state index in [1.54, 1.807) is 18.0 Å². The zero-order valence-corrected chi connectivity index (χ0v) is 30.9. The van der Waals surface area contributed by atoms with E-state index in [0.29, 0.717) is 41.5 Å². The van der Waals surface area contributed by atoms with Crippen LogP contribution in [-0.2, 0) is 26.5 Å². The number of hydrogen-bond donors (Lipinski definition) is 6. The fourth-order valence-corrected chi connectivity index (χ4v) is 7.03. The number of hydrogen-bond acceptors (Lipinski definition) is 12. The number of pyridine rings is 1. The minimum atomic E-state index is -3.78. The molecule has 0 saturated heterocycles. The standard InChI is InChI=1S/C38H49ClN2O10S/c1-2-3-4-11-34(43)41(37(45,46)38(47,48)51-35(44)24-42)20-7-8-21-52-28-14-15-32(39)26(22-28)25-49-36(17-18-36)31-23-40-19-16-29(31)30-9-5-6-10-33(30)50-27-12-13-27/h5-6,9-10,14-16,19,22-23,27,35,42,44-48H,2-4,7-8,11-13,17-18,20-21,24-25H2,1H3. The number of carbonyl (C=O) groups is 1. The molecule has 1 aromatic heterocycles. The van der Waals surface area contributed by atoms with Gasteiger partial charge >= 0.3 is 11.9 Å². The lowest BCUT2D eigenvalue weighted by atomic mass is 9.96. The van der Waals surface area contributed by atoms with E-state index >= 15 is 0 Å². The molecule has 2 aliphatic carbocycles. The SMILES string of the molecule is CCCCCC(=O)N(CCCCSc1ccc(Cl)c(COC2(c3cnccc3-c3ccccc3OC3CC3)CC2)c1)C(O)(O)C(O)(O)OC(O)CO. The second-order valence-electron chi connectivity index (χ2n) is 13.3. The topological polar surface area (TPSA) is 182 Å². The Morgan fingerprint density at radius 2 is 1.83 bits per heavy atom. The molecule has 6 N–H and O–H groups in total. The molecule has 0 spiro atoms. The summed E-state index contributed by atoms with van der Waals surface area (Å²) >= 11 is 8.17. The number of aliphatic hydroxyl groups is 6. The van der Waals surface area contributed by atoms with Crippen molar-refractivity contribution >= 4 is 29.3 Å². The number of unbranched alkanes of at least 4 members (excludes halogenated alkanes) is 3. The van der Waals surface area contributed by atoms with Crippen molar-refractivity contribution in [1.82, 2.24) is 9.88 Å². The van der Waals surface area contributed by atoms with Gasteiger partial charge in [-0.05, 0) is 92.2 Å². The zero-order chi connectivity index (χ0) is 37.4. The first-order valence-corrected chi connectivity index (χ1v) is 19.2. The summed E-state index contributed by atoms with van der Waals surface area (Å²) in [5.74, 6) is -6.66. The van der Waals surface area contributed by atoms with Crippen LogP contribution in [0.3, 0.4) is 0 Å². The minimum Gasteiger partial charge on any atom is -0.490 e. The number of nitrogens with zero attached hydrogens (tertiary/aromatic N) is 2. The van der Waals surface area contributed by atoms with Gasteiger partial charge in [0.15, 0.2) is 6.29 Å². The molecule has 12 nitrogen and oxygen atoms in total. The van der Waals surface area contributed by atoms with Crippen molar-refractivity contribution in [1.29, 1.82) is 0 Å². The first-order chi connectivity index (χ1) is 24.9. The van der Waals surface area contributed by atoms with Crippen LogP contribution in [0.15, 0.2) is 65.8 Å². The Balaban J connectivity index is 1.19. The molecule has 0 radical (unpaired) electrons. The summed E-state index contributed by atoms with van der Waals surface area (Å²) in [5, 5.41) is 60.9. The zero-order valence-electron chi connectivity index (χ0n) is 29.3. The summed E-state index contributed by atoms with van der Waals surface area (Å²) in [6.07, 6.45) is 8.39. The van der Waals surface area contributed by atoms with Crippen LogP contribution in [0.1, 0.15) is 82.3 Å². The third-order valence-electron chi connectivity index (χ3n) is 9.14. The van der Waals surface area contributed by atoms with E-state index in [9.17, 15) is 30.3 Å². The molecule has 14 heteroatoms. The fraction of sp³-hybridized carbons (Fsp3) is 0.526. The van der Waals surface area contributed by atoms with Gasteiger partial charge < -0.3 is 40.1 Å². The van der Waals surface area contributed by atoms with Gasteiger partial charge in [0, 0.05) is 46.4 Å². The van der Waals surface area contributed by atoms with Crippen LogP contribution >= 0.6 is 23.4 Å². The largest absolute Gasteiger partial charge is 0.490 e. The van der Waals surface area contributed by atoms with Crippen molar-refractivity contribution in [3.63, 3.8) is 0 Å². The number of ether oxygens (including phenoxy) is 3. The van der Waals surface area contributed by atoms with Gasteiger partial charge in [0.25, 0.3) is 0 Å². The highest BCUT2D eigenvalue weighted by atomic mass is 35.5. The van der Waals surface area contributed by atoms with E-state index in [0.717, 1.165) is 65.0 Å². The molecule has 1 unspecified atom stereocenters. The number of amides is 1. The van der Waals surface area contributed by atoms with Gasteiger partial charge in [-0.1, -0.05) is 49.6 Å². The number of halogens is 1. The number of rotatable bonds is 22. The molecular formula is C38H49ClN2O10S. The number of aromatic nitrogens is 1. The number of thioether (sulfide) groups is 1. The Hall–Kier alpha value is -2.82. The summed E-state index contributed by atoms with van der Waals surface area (Å²) in [6, 6.07) is 15.8. The van der Waals surface area contributed by atoms with Crippen molar-refractivity contribution in [2.45, 2.75) is 113 Å². The second-order valence-corrected chi connectivity index (χ2v) is 14.9. The first kappa shape index (κ1) is 40.4. The van der Waals surface area contributed by atoms with Crippen molar-refractivity contribution in [3.8, 4) is 16.9 Å². The summed E-state index contributed by atoms with van der Waals surface area (Å²) in [6.45, 7) is 0.957. The van der Waals surface area contributed by atoms with Gasteiger partial charge in [0.05, 0.1) is 24.9 Å². The molecule has 284 valence electrons. The van der Waals surface area contributed by atoms with Crippen molar-refractivity contribution < 1.29 is 49.6 Å². The molecule has 2 fully saturated rings. The van der Waals surface area contributed by atoms with Gasteiger partial charge in [-0.15, -0.1) is 11.8 Å². The maximum Gasteiger partial charge on any atom is 0.360 e. The molecule has 3 aromatic rings. The smallest absolute Gasteiger partial charge is 0.360 e. The van der Waals surface area contributed by atoms with Crippen LogP contribution < -0.4 is 4.74 Å². The molecule has 0 bridgehead atoms. The predicted octanol–water partition coefficient (Wildman–Crippen LogP) is 5.03. The van der Waals surface area contributed by atoms with Crippen molar-refractivity contribution in [3.05, 3.63) is 77.1 Å². The average molecular weight is 761 g/mol. The second kappa shape index (κ2) is 18.0. The van der Waals surface area contributed by atoms with Crippen LogP contribution in [0, 0.1) is 0 Å². The van der Waals surface area contributed by atoms with Crippen LogP contribution in [-0.4, -0.2) is 89.6 Å². The normalized spacial score (nSPS) is 16.1. The van der Waals surface area contributed by atoms with E-state index in [1.165, 1.54) is 0 Å². The molecule has 2 saturated carbocycles. The molecule has 52 heavy (non-hydrogen) atoms. The first-order valence-electron chi connectivity index (χ1n) is 17.8. The summed E-state index contributed by atoms with van der Waals surface area (Å²) < 4.78 is 17.3. The highest BCUT2D eigenvalue weighted by Gasteiger charge is 2.56. The maximum atomic E-state index is 13.0. The lowest BCUT2D eigenvalue weighted by molar-refractivity contribution is -0.510. The van der Waals surface area contributed by atoms with Gasteiger partial charge in [-0.25, -0.2) is 0 Å². The lowest BCUT2D eigenvalue weighted by Crippen LogP contribution is -2.68. The van der Waals surface area contributed by atoms with E-state index in [-0.39, 0.29) is 25.5 Å². The van der Waals surface area contributed by atoms with E-state index in [2.05, 4.69) is 15.8 Å². The summed E-state index contributed by atoms with van der Waals surface area (Å²) in [7, 11) is 0. The van der Waals surface area contributed by atoms with Gasteiger partial charge in [-0.3, -0.25) is 19.4 Å². The Labute approximate surface area is 313 Å². The Morgan fingerprint density at radius 1 is 1.06 bits per heavy atom. The maximum absolute atomic E-state index is 13.0. The molecule has 2 aromatic carbocycles. The molecule has 5 rings (SSSR count). The van der Waals surface area contributed by atoms with Gasteiger partial charge in [-0.2, -0.15) is 0 Å².